The Kier molecular flexibility index (Phi) is 24.2. The molecular weight excluding hydrogens is 1860 g/mol. The highest BCUT2D eigenvalue weighted by Gasteiger charge is 2.32. The van der Waals surface area contributed by atoms with Gasteiger partial charge in [0.25, 0.3) is 47.8 Å². The van der Waals surface area contributed by atoms with Gasteiger partial charge in [0.2, 0.25) is 0 Å². The van der Waals surface area contributed by atoms with Crippen LogP contribution in [0.3, 0.4) is 0 Å². The van der Waals surface area contributed by atoms with E-state index in [4.69, 9.17) is 56.4 Å². The van der Waals surface area contributed by atoms with Crippen molar-refractivity contribution < 1.29 is 72.8 Å². The first kappa shape index (κ1) is 85.8. The molecule has 0 unspecified atom stereocenters. The molecule has 35 heteroatoms. The molecule has 2 fully saturated rings. The van der Waals surface area contributed by atoms with E-state index >= 15 is 0 Å². The number of carbonyl (C=O) groups is 3. The van der Waals surface area contributed by atoms with Crippen molar-refractivity contribution in [3.63, 3.8) is 0 Å². The first-order valence-electron chi connectivity index (χ1n) is 40.2. The Bertz CT molecular complexity index is 7610. The number of fused-ring (bicyclic) bond motifs is 7. The van der Waals surface area contributed by atoms with Gasteiger partial charge in [0.15, 0.2) is 36.8 Å². The number of aromatic amines is 1. The zero-order valence-corrected chi connectivity index (χ0v) is 73.7. The molecule has 0 saturated carbocycles. The van der Waals surface area contributed by atoms with Crippen molar-refractivity contribution in [2.24, 2.45) is 0 Å². The van der Waals surface area contributed by atoms with Crippen LogP contribution in [0.5, 0.6) is 28.7 Å². The highest BCUT2D eigenvalue weighted by Crippen LogP contribution is 2.44. The minimum Gasteiger partial charge on any atom is -0.489 e. The molecule has 4 N–H and O–H groups in total. The van der Waals surface area contributed by atoms with Gasteiger partial charge < -0.3 is 54.1 Å². The number of rotatable bonds is 15. The van der Waals surface area contributed by atoms with Gasteiger partial charge in [0.1, 0.15) is 58.7 Å². The van der Waals surface area contributed by atoms with Crippen LogP contribution in [0.25, 0.3) is 100 Å². The number of amides is 3. The predicted octanol–water partition coefficient (Wildman–Crippen LogP) is 17.5. The number of carbonyl (C=O) groups excluding carboxylic acids is 3. The molecule has 0 bridgehead atoms. The third kappa shape index (κ3) is 17.5. The molecule has 129 heavy (non-hydrogen) atoms. The van der Waals surface area contributed by atoms with Crippen LogP contribution < -0.4 is 39.6 Å². The Balaban J connectivity index is 0.000000120. The molecule has 8 aromatic carbocycles. The van der Waals surface area contributed by atoms with E-state index in [9.17, 15) is 50.2 Å². The van der Waals surface area contributed by atoms with Crippen LogP contribution in [0.15, 0.2) is 270 Å². The SMILES string of the molecule is N#Cc1cc(-c2ccnc3[nH]c(-c4ccc5c(c4)OCC(=O)N5)cc23)ccc1OC1CCOCC1.N#Cc1cc(-c2ccnc3c2cc(-c2ccc4c(c2)OCC(=O)N4)n3S(=O)(=O)c2ccccc2)ccc1OC1CCOCC1.O=C1COc2cc(-c3cc4c(Cl)ccnc4n3S(=O)(=O)c3ccccc3)ccc2N1.O=S(=O)(c1ccccc1)n1c(I)cc2c(Cl)ccnc21. The zero-order chi connectivity index (χ0) is 89.2. The summed E-state index contributed by atoms with van der Waals surface area (Å²) in [4.78, 5) is 56.2. The van der Waals surface area contributed by atoms with Crippen LogP contribution in [0, 0.1) is 26.4 Å². The van der Waals surface area contributed by atoms with E-state index in [0.717, 1.165) is 59.1 Å². The summed E-state index contributed by atoms with van der Waals surface area (Å²) in [7, 11) is -11.7. The zero-order valence-electron chi connectivity index (χ0n) is 67.6. The molecule has 13 heterocycles. The Labute approximate surface area is 761 Å². The average molecular weight is 1930 g/mol. The maximum atomic E-state index is 14.2. The number of nitriles is 2. The molecular formula is C94H70Cl2IN13O16S3. The van der Waals surface area contributed by atoms with Gasteiger partial charge in [-0.05, 0) is 190 Å². The second kappa shape index (κ2) is 36.4. The number of hydrogen-bond donors (Lipinski definition) is 4. The fourth-order valence-corrected chi connectivity index (χ4v) is 21.5. The third-order valence-electron chi connectivity index (χ3n) is 21.7. The lowest BCUT2D eigenvalue weighted by atomic mass is 10.0. The van der Waals surface area contributed by atoms with Crippen LogP contribution in [-0.2, 0) is 53.9 Å². The highest BCUT2D eigenvalue weighted by atomic mass is 127. The van der Waals surface area contributed by atoms with Gasteiger partial charge >= 0.3 is 0 Å². The standard InChI is InChI=1S/C33H26N4O6S.C27H22N4O4.C21H14ClN3O4S.C13H8ClIN2O2S/c34-19-23-16-21(7-9-30(23)43-24-11-14-41-15-12-24)26-10-13-35-33-27(26)18-29(37(33)44(39,40)25-4-2-1-3-5-25)22-6-8-28-31(17-22)42-20-32(38)36-28;28-14-18-11-16(2-4-24(18)35-19-6-9-33-10-7-19)20-5-8-29-27-21(20)13-23(31-27)17-1-3-22-25(12-17)34-15-26(32)30-22;22-16-8-9-23-21-15(16)11-18(25(21)30(27,28)14-4-2-1-3-5-14)13-6-7-17-19(10-13)29-12-20(26)24-17;14-11-6-7-16-13-10(11)8-12(15)17(13)20(18,19)9-4-2-1-3-5-9/h1-10,13,16-18,24H,11-12,14-15,20H2,(H,36,38);1-5,8,11-13,19H,6-7,9-10,15H2,(H,29,31)(H,30,32);1-11H,12H2,(H,24,26);1-8H. The molecule has 0 atom stereocenters. The molecule has 3 amide bonds. The van der Waals surface area contributed by atoms with Crippen molar-refractivity contribution in [3.05, 3.63) is 280 Å². The summed E-state index contributed by atoms with van der Waals surface area (Å²) in [5.41, 5.74) is 11.1. The van der Waals surface area contributed by atoms with Crippen LogP contribution in [0.2, 0.25) is 10.0 Å². The summed E-state index contributed by atoms with van der Waals surface area (Å²) in [5, 5.41) is 31.6. The Morgan fingerprint density at radius 2 is 0.775 bits per heavy atom. The second-order valence-electron chi connectivity index (χ2n) is 29.9. The van der Waals surface area contributed by atoms with Crippen LogP contribution in [0.1, 0.15) is 36.8 Å². The molecule has 0 aliphatic carbocycles. The van der Waals surface area contributed by atoms with Gasteiger partial charge in [-0.25, -0.2) is 57.1 Å². The van der Waals surface area contributed by atoms with E-state index in [2.05, 4.69) is 53.0 Å². The summed E-state index contributed by atoms with van der Waals surface area (Å²) in [6, 6.07) is 70.3. The van der Waals surface area contributed by atoms with Crippen molar-refractivity contribution in [2.45, 2.75) is 52.6 Å². The largest absolute Gasteiger partial charge is 0.489 e. The van der Waals surface area contributed by atoms with E-state index in [-0.39, 0.29) is 75.7 Å². The Morgan fingerprint density at radius 3 is 1.22 bits per heavy atom. The normalized spacial score (nSPS) is 14.4. The summed E-state index contributed by atoms with van der Waals surface area (Å²) < 4.78 is 125. The lowest BCUT2D eigenvalue weighted by Gasteiger charge is -2.24. The van der Waals surface area contributed by atoms with Crippen molar-refractivity contribution in [1.82, 2.24) is 36.8 Å². The summed E-state index contributed by atoms with van der Waals surface area (Å²) in [6.45, 7) is 2.37. The number of pyridine rings is 4. The second-order valence-corrected chi connectivity index (χ2v) is 37.2. The topological polar surface area (TPSA) is 384 Å². The van der Waals surface area contributed by atoms with Gasteiger partial charge in [0.05, 0.1) is 94.4 Å². The maximum Gasteiger partial charge on any atom is 0.270 e. The van der Waals surface area contributed by atoms with Gasteiger partial charge in [-0.1, -0.05) is 108 Å². The average Bonchev–Trinajstić information content (AvgIpc) is 1.59. The fourth-order valence-electron chi connectivity index (χ4n) is 15.5. The van der Waals surface area contributed by atoms with E-state index in [1.165, 1.54) is 48.6 Å². The molecule has 5 aliphatic heterocycles. The van der Waals surface area contributed by atoms with Crippen molar-refractivity contribution in [2.75, 3.05) is 62.2 Å². The minimum absolute atomic E-state index is 0.00428. The number of halogens is 3. The lowest BCUT2D eigenvalue weighted by Crippen LogP contribution is -2.26. The Morgan fingerprint density at radius 1 is 0.403 bits per heavy atom. The van der Waals surface area contributed by atoms with E-state index in [1.807, 2.05) is 77.2 Å². The van der Waals surface area contributed by atoms with Crippen molar-refractivity contribution >= 4 is 155 Å². The number of hydrogen-bond acceptors (Lipinski definition) is 22. The number of nitrogens with one attached hydrogen (secondary N) is 4. The number of benzene rings is 8. The first-order valence-corrected chi connectivity index (χ1v) is 46.4. The first-order chi connectivity index (χ1) is 62.6. The van der Waals surface area contributed by atoms with E-state index in [1.54, 1.807) is 164 Å². The summed E-state index contributed by atoms with van der Waals surface area (Å²) in [5.74, 6) is 1.96. The van der Waals surface area contributed by atoms with Gasteiger partial charge in [-0.2, -0.15) is 10.5 Å². The van der Waals surface area contributed by atoms with Gasteiger partial charge in [-0.3, -0.25) is 14.4 Å². The lowest BCUT2D eigenvalue weighted by molar-refractivity contribution is -0.119. The third-order valence-corrected chi connectivity index (χ3v) is 28.6. The number of anilines is 3. The molecule has 5 aliphatic rings. The summed E-state index contributed by atoms with van der Waals surface area (Å²) in [6.07, 6.45) is 9.47. The monoisotopic (exact) mass is 1930 g/mol. The van der Waals surface area contributed by atoms with Gasteiger partial charge in [-0.15, -0.1) is 0 Å². The quantitative estimate of drug-likeness (QED) is 0.0693. The number of ether oxygens (including phenoxy) is 7. The molecule has 16 aromatic rings. The minimum atomic E-state index is -4.10. The van der Waals surface area contributed by atoms with Crippen molar-refractivity contribution in [3.8, 4) is 96.9 Å². The fraction of sp³-hybridized carbons (Fsp3) is 0.138. The van der Waals surface area contributed by atoms with Crippen LogP contribution >= 0.6 is 45.8 Å². The van der Waals surface area contributed by atoms with E-state index < -0.39 is 30.1 Å². The Hall–Kier alpha value is -14.0. The smallest absolute Gasteiger partial charge is 0.270 e. The van der Waals surface area contributed by atoms with E-state index in [0.29, 0.717) is 153 Å². The maximum absolute atomic E-state index is 14.2. The van der Waals surface area contributed by atoms with Crippen LogP contribution in [0.4, 0.5) is 17.1 Å². The molecule has 8 aromatic heterocycles. The van der Waals surface area contributed by atoms with Gasteiger partial charge in [0, 0.05) is 94.4 Å². The molecule has 0 radical (unpaired) electrons. The molecule has 29 nitrogen and oxygen atoms in total. The number of aromatic nitrogens is 8. The van der Waals surface area contributed by atoms with Crippen LogP contribution in [-0.4, -0.2) is 138 Å². The number of nitrogens with zero attached hydrogens (tertiary/aromatic N) is 9. The van der Waals surface area contributed by atoms with Crippen molar-refractivity contribution in [1.29, 1.82) is 10.5 Å². The predicted molar refractivity (Wildman–Crippen MR) is 493 cm³/mol. The molecule has 646 valence electrons. The molecule has 21 rings (SSSR count). The molecule has 0 spiro atoms. The highest BCUT2D eigenvalue weighted by molar-refractivity contribution is 14.1. The molecule has 2 saturated heterocycles. The summed E-state index contributed by atoms with van der Waals surface area (Å²) >= 11 is 14.4. The number of H-pyrrole nitrogens is 1.